The molecule has 1 fully saturated rings. The fourth-order valence-corrected chi connectivity index (χ4v) is 3.94. The summed E-state index contributed by atoms with van der Waals surface area (Å²) in [5, 5.41) is 5.42. The van der Waals surface area contributed by atoms with Crippen molar-refractivity contribution in [1.29, 1.82) is 0 Å². The molecule has 2 rings (SSSR count). The molecule has 1 aliphatic heterocycles. The molecule has 17 heavy (non-hydrogen) atoms. The Hall–Kier alpha value is 0.100. The zero-order chi connectivity index (χ0) is 12.1. The van der Waals surface area contributed by atoms with Crippen molar-refractivity contribution in [3.8, 4) is 0 Å². The second-order valence-electron chi connectivity index (χ2n) is 4.80. The first kappa shape index (κ1) is 13.5. The Kier molecular flexibility index (Phi) is 5.48. The van der Waals surface area contributed by atoms with E-state index in [1.54, 1.807) is 0 Å². The van der Waals surface area contributed by atoms with Crippen molar-refractivity contribution in [2.45, 2.75) is 25.8 Å². The molecule has 0 saturated carbocycles. The molecule has 1 aromatic rings. The van der Waals surface area contributed by atoms with Crippen LogP contribution in [0.2, 0.25) is 0 Å². The van der Waals surface area contributed by atoms with E-state index in [1.807, 2.05) is 18.4 Å². The highest BCUT2D eigenvalue weighted by Gasteiger charge is 2.19. The summed E-state index contributed by atoms with van der Waals surface area (Å²) in [4.78, 5) is 4.06. The Bertz CT molecular complexity index is 332. The van der Waals surface area contributed by atoms with Gasteiger partial charge in [0.25, 0.3) is 0 Å². The van der Waals surface area contributed by atoms with E-state index in [-0.39, 0.29) is 0 Å². The first-order valence-corrected chi connectivity index (χ1v) is 8.05. The molecule has 0 atom stereocenters. The van der Waals surface area contributed by atoms with Crippen molar-refractivity contribution in [2.75, 3.05) is 26.7 Å². The first-order chi connectivity index (χ1) is 8.29. The quantitative estimate of drug-likeness (QED) is 0.896. The van der Waals surface area contributed by atoms with E-state index >= 15 is 0 Å². The van der Waals surface area contributed by atoms with E-state index < -0.39 is 0 Å². The molecule has 0 aliphatic carbocycles. The van der Waals surface area contributed by atoms with Crippen LogP contribution >= 0.6 is 27.3 Å². The summed E-state index contributed by atoms with van der Waals surface area (Å²) >= 11 is 5.47. The largest absolute Gasteiger partial charge is 0.320 e. The Balaban J connectivity index is 1.74. The van der Waals surface area contributed by atoms with Gasteiger partial charge in [0, 0.05) is 15.9 Å². The Labute approximate surface area is 117 Å². The van der Waals surface area contributed by atoms with E-state index in [4.69, 9.17) is 0 Å². The lowest BCUT2D eigenvalue weighted by molar-refractivity contribution is 0.173. The van der Waals surface area contributed by atoms with Gasteiger partial charge in [-0.15, -0.1) is 11.3 Å². The topological polar surface area (TPSA) is 15.3 Å². The lowest BCUT2D eigenvalue weighted by Gasteiger charge is -2.31. The minimum absolute atomic E-state index is 0.936. The van der Waals surface area contributed by atoms with Crippen LogP contribution in [0.4, 0.5) is 0 Å². The smallest absolute Gasteiger partial charge is 0.0339 e. The zero-order valence-electron chi connectivity index (χ0n) is 10.4. The van der Waals surface area contributed by atoms with E-state index in [2.05, 4.69) is 37.6 Å². The number of piperidine rings is 1. The fraction of sp³-hybridized carbons (Fsp3) is 0.692. The van der Waals surface area contributed by atoms with Gasteiger partial charge in [-0.3, -0.25) is 4.90 Å². The molecule has 0 amide bonds. The van der Waals surface area contributed by atoms with Crippen LogP contribution in [0.1, 0.15) is 24.1 Å². The third kappa shape index (κ3) is 4.05. The molecule has 0 bridgehead atoms. The molecule has 1 aliphatic rings. The summed E-state index contributed by atoms with van der Waals surface area (Å²) in [6.07, 6.45) is 4.07. The highest BCUT2D eigenvalue weighted by atomic mass is 79.9. The van der Waals surface area contributed by atoms with Gasteiger partial charge in [0.2, 0.25) is 0 Å². The third-order valence-corrected chi connectivity index (χ3v) is 5.48. The van der Waals surface area contributed by atoms with Crippen molar-refractivity contribution >= 4 is 27.3 Å². The van der Waals surface area contributed by atoms with Gasteiger partial charge in [-0.1, -0.05) is 0 Å². The molecule has 2 nitrogen and oxygen atoms in total. The fourth-order valence-electron chi connectivity index (χ4n) is 2.42. The van der Waals surface area contributed by atoms with E-state index in [0.717, 1.165) is 12.5 Å². The van der Waals surface area contributed by atoms with Gasteiger partial charge in [0.05, 0.1) is 0 Å². The summed E-state index contributed by atoms with van der Waals surface area (Å²) in [7, 11) is 2.05. The average Bonchev–Trinajstić information content (AvgIpc) is 2.74. The summed E-state index contributed by atoms with van der Waals surface area (Å²) < 4.78 is 1.28. The number of nitrogens with one attached hydrogen (secondary N) is 1. The van der Waals surface area contributed by atoms with Crippen LogP contribution in [0, 0.1) is 5.92 Å². The van der Waals surface area contributed by atoms with Crippen LogP contribution in [0.5, 0.6) is 0 Å². The summed E-state index contributed by atoms with van der Waals surface area (Å²) in [6, 6.07) is 2.15. The molecular formula is C13H21BrN2S. The third-order valence-electron chi connectivity index (χ3n) is 3.57. The number of likely N-dealkylation sites (tertiary alicyclic amines) is 1. The molecule has 0 aromatic carbocycles. The predicted molar refractivity (Wildman–Crippen MR) is 78.6 cm³/mol. The van der Waals surface area contributed by atoms with Crippen molar-refractivity contribution in [3.63, 3.8) is 0 Å². The Morgan fingerprint density at radius 3 is 2.82 bits per heavy atom. The normalized spacial score (nSPS) is 18.7. The molecular weight excluding hydrogens is 296 g/mol. The molecule has 0 spiro atoms. The highest BCUT2D eigenvalue weighted by Crippen LogP contribution is 2.27. The molecule has 2 heterocycles. The van der Waals surface area contributed by atoms with E-state index in [0.29, 0.717) is 0 Å². The second kappa shape index (κ2) is 6.88. The maximum absolute atomic E-state index is 3.61. The lowest BCUT2D eigenvalue weighted by atomic mass is 9.93. The molecule has 1 aromatic heterocycles. The minimum atomic E-state index is 0.936. The summed E-state index contributed by atoms with van der Waals surface area (Å²) in [5.74, 6) is 0.936. The van der Waals surface area contributed by atoms with Gasteiger partial charge < -0.3 is 5.32 Å². The average molecular weight is 317 g/mol. The van der Waals surface area contributed by atoms with Crippen molar-refractivity contribution in [2.24, 2.45) is 5.92 Å². The van der Waals surface area contributed by atoms with Crippen molar-refractivity contribution < 1.29 is 0 Å². The molecule has 1 saturated heterocycles. The number of halogens is 1. The minimum Gasteiger partial charge on any atom is -0.320 e. The lowest BCUT2D eigenvalue weighted by Crippen LogP contribution is -2.33. The number of hydrogen-bond acceptors (Lipinski definition) is 3. The SMILES string of the molecule is CNCCC1CCN(Cc2sccc2Br)CC1. The van der Waals surface area contributed by atoms with Gasteiger partial charge in [0.1, 0.15) is 0 Å². The van der Waals surface area contributed by atoms with Gasteiger partial charge in [0.15, 0.2) is 0 Å². The Morgan fingerprint density at radius 1 is 1.47 bits per heavy atom. The van der Waals surface area contributed by atoms with Crippen LogP contribution in [0.3, 0.4) is 0 Å². The van der Waals surface area contributed by atoms with Crippen LogP contribution in [-0.4, -0.2) is 31.6 Å². The van der Waals surface area contributed by atoms with Crippen molar-refractivity contribution in [3.05, 3.63) is 20.8 Å². The summed E-state index contributed by atoms with van der Waals surface area (Å²) in [5.41, 5.74) is 0. The van der Waals surface area contributed by atoms with Crippen LogP contribution in [-0.2, 0) is 6.54 Å². The number of thiophene rings is 1. The van der Waals surface area contributed by atoms with Crippen LogP contribution in [0.15, 0.2) is 15.9 Å². The van der Waals surface area contributed by atoms with Crippen LogP contribution in [0.25, 0.3) is 0 Å². The molecule has 0 radical (unpaired) electrons. The zero-order valence-corrected chi connectivity index (χ0v) is 12.8. The van der Waals surface area contributed by atoms with E-state index in [1.165, 1.54) is 48.2 Å². The second-order valence-corrected chi connectivity index (χ2v) is 6.66. The van der Waals surface area contributed by atoms with Gasteiger partial charge >= 0.3 is 0 Å². The van der Waals surface area contributed by atoms with Crippen LogP contribution < -0.4 is 5.32 Å². The molecule has 4 heteroatoms. The maximum atomic E-state index is 3.61. The predicted octanol–water partition coefficient (Wildman–Crippen LogP) is 3.33. The number of rotatable bonds is 5. The van der Waals surface area contributed by atoms with E-state index in [9.17, 15) is 0 Å². The maximum Gasteiger partial charge on any atom is 0.0339 e. The number of hydrogen-bond donors (Lipinski definition) is 1. The molecule has 1 N–H and O–H groups in total. The molecule has 0 unspecified atom stereocenters. The number of nitrogens with zero attached hydrogens (tertiary/aromatic N) is 1. The standard InChI is InChI=1S/C13H21BrN2S/c1-15-6-2-11-3-7-16(8-4-11)10-13-12(14)5-9-17-13/h5,9,11,15H,2-4,6-8,10H2,1H3. The summed E-state index contributed by atoms with van der Waals surface area (Å²) in [6.45, 7) is 4.82. The molecule has 96 valence electrons. The van der Waals surface area contributed by atoms with Gasteiger partial charge in [-0.2, -0.15) is 0 Å². The first-order valence-electron chi connectivity index (χ1n) is 6.38. The monoisotopic (exact) mass is 316 g/mol. The van der Waals surface area contributed by atoms with Gasteiger partial charge in [-0.25, -0.2) is 0 Å². The van der Waals surface area contributed by atoms with Crippen molar-refractivity contribution in [1.82, 2.24) is 10.2 Å². The highest BCUT2D eigenvalue weighted by molar-refractivity contribution is 9.10. The van der Waals surface area contributed by atoms with Gasteiger partial charge in [-0.05, 0) is 79.2 Å². The Morgan fingerprint density at radius 2 is 2.24 bits per heavy atom.